The quantitative estimate of drug-likeness (QED) is 0.727. The fourth-order valence-electron chi connectivity index (χ4n) is 3.58. The molecule has 1 atom stereocenters. The van der Waals surface area contributed by atoms with E-state index in [9.17, 15) is 13.9 Å². The van der Waals surface area contributed by atoms with Crippen molar-refractivity contribution >= 4 is 0 Å². The zero-order valence-electron chi connectivity index (χ0n) is 14.2. The topological polar surface area (TPSA) is 29.5 Å². The fraction of sp³-hybridized carbons (Fsp3) is 0.684. The van der Waals surface area contributed by atoms with Gasteiger partial charge in [0.05, 0.1) is 12.7 Å². The van der Waals surface area contributed by atoms with Gasteiger partial charge in [-0.3, -0.25) is 0 Å². The molecule has 0 heterocycles. The highest BCUT2D eigenvalue weighted by molar-refractivity contribution is 5.32. The number of halogens is 2. The first-order valence-corrected chi connectivity index (χ1v) is 8.87. The molecule has 0 saturated heterocycles. The first kappa shape index (κ1) is 18.2. The summed E-state index contributed by atoms with van der Waals surface area (Å²) in [6, 6.07) is 2.87. The molecule has 0 aromatic heterocycles. The molecule has 1 aromatic carbocycles. The van der Waals surface area contributed by atoms with Gasteiger partial charge in [0.25, 0.3) is 0 Å². The van der Waals surface area contributed by atoms with E-state index >= 15 is 0 Å². The van der Waals surface area contributed by atoms with E-state index in [4.69, 9.17) is 4.74 Å². The van der Waals surface area contributed by atoms with Gasteiger partial charge in [0.15, 0.2) is 11.6 Å². The van der Waals surface area contributed by atoms with Crippen molar-refractivity contribution in [1.29, 1.82) is 0 Å². The van der Waals surface area contributed by atoms with E-state index in [0.29, 0.717) is 0 Å². The maximum Gasteiger partial charge on any atom is 0.200 e. The van der Waals surface area contributed by atoms with E-state index in [0.717, 1.165) is 31.6 Å². The molecule has 1 unspecified atom stereocenters. The van der Waals surface area contributed by atoms with Gasteiger partial charge in [-0.25, -0.2) is 4.39 Å². The van der Waals surface area contributed by atoms with Crippen LogP contribution in [0.3, 0.4) is 0 Å². The third-order valence-electron chi connectivity index (χ3n) is 5.00. The molecule has 4 heteroatoms. The molecule has 2 rings (SSSR count). The van der Waals surface area contributed by atoms with Crippen LogP contribution >= 0.6 is 0 Å². The van der Waals surface area contributed by atoms with Gasteiger partial charge in [-0.2, -0.15) is 4.39 Å². The third kappa shape index (κ3) is 4.43. The lowest BCUT2D eigenvalue weighted by atomic mass is 9.76. The zero-order chi connectivity index (χ0) is 16.8. The van der Waals surface area contributed by atoms with Crippen molar-refractivity contribution in [3.63, 3.8) is 0 Å². The molecule has 0 bridgehead atoms. The van der Waals surface area contributed by atoms with Gasteiger partial charge in [0.2, 0.25) is 5.82 Å². The van der Waals surface area contributed by atoms with E-state index in [1.807, 2.05) is 0 Å². The summed E-state index contributed by atoms with van der Waals surface area (Å²) in [6.07, 6.45) is 6.66. The van der Waals surface area contributed by atoms with Crippen LogP contribution in [0, 0.1) is 23.5 Å². The van der Waals surface area contributed by atoms with Crippen LogP contribution in [0.1, 0.15) is 70.5 Å². The van der Waals surface area contributed by atoms with E-state index in [-0.39, 0.29) is 23.8 Å². The highest BCUT2D eigenvalue weighted by Crippen LogP contribution is 2.40. The molecule has 0 amide bonds. The van der Waals surface area contributed by atoms with Gasteiger partial charge in [-0.15, -0.1) is 0 Å². The third-order valence-corrected chi connectivity index (χ3v) is 5.00. The number of hydrogen-bond donors (Lipinski definition) is 1. The summed E-state index contributed by atoms with van der Waals surface area (Å²) in [4.78, 5) is 0. The number of rotatable bonds is 7. The number of aliphatic hydroxyl groups excluding tert-OH is 1. The fourth-order valence-corrected chi connectivity index (χ4v) is 3.58. The molecule has 1 aliphatic rings. The Morgan fingerprint density at radius 1 is 1.13 bits per heavy atom. The Balaban J connectivity index is 2.01. The minimum absolute atomic E-state index is 0.0136. The Hall–Kier alpha value is -1.16. The monoisotopic (exact) mass is 326 g/mol. The zero-order valence-corrected chi connectivity index (χ0v) is 14.2. The Bertz CT molecular complexity index is 496. The average Bonchev–Trinajstić information content (AvgIpc) is 2.57. The minimum atomic E-state index is -1.000. The second-order valence-electron chi connectivity index (χ2n) is 6.58. The largest absolute Gasteiger partial charge is 0.491 e. The summed E-state index contributed by atoms with van der Waals surface area (Å²) >= 11 is 0. The molecule has 1 aromatic rings. The maximum absolute atomic E-state index is 14.2. The number of ether oxygens (including phenoxy) is 1. The van der Waals surface area contributed by atoms with Crippen molar-refractivity contribution in [3.05, 3.63) is 29.3 Å². The highest BCUT2D eigenvalue weighted by Gasteiger charge is 2.30. The normalized spacial score (nSPS) is 22.8. The van der Waals surface area contributed by atoms with Crippen molar-refractivity contribution in [2.45, 2.75) is 64.9 Å². The van der Waals surface area contributed by atoms with Crippen LogP contribution in [-0.2, 0) is 0 Å². The van der Waals surface area contributed by atoms with Crippen LogP contribution in [0.5, 0.6) is 5.75 Å². The minimum Gasteiger partial charge on any atom is -0.491 e. The predicted molar refractivity (Wildman–Crippen MR) is 87.5 cm³/mol. The molecule has 23 heavy (non-hydrogen) atoms. The number of hydrogen-bond acceptors (Lipinski definition) is 2. The van der Waals surface area contributed by atoms with Crippen molar-refractivity contribution in [2.75, 3.05) is 6.61 Å². The van der Waals surface area contributed by atoms with Crippen LogP contribution in [0.2, 0.25) is 0 Å². The van der Waals surface area contributed by atoms with Crippen LogP contribution in [0.4, 0.5) is 8.78 Å². The lowest BCUT2D eigenvalue weighted by Crippen LogP contribution is -2.21. The average molecular weight is 326 g/mol. The van der Waals surface area contributed by atoms with Crippen molar-refractivity contribution in [1.82, 2.24) is 0 Å². The standard InChI is InChI=1S/C19H28F2O2/c1-3-5-6-13-7-9-14(10-8-13)19(22)15-11-12-16(23-4-2)18(21)17(15)20/h11-14,19,22H,3-10H2,1-2H3. The number of unbranched alkanes of at least 4 members (excludes halogenated alkanes) is 1. The molecule has 1 saturated carbocycles. The highest BCUT2D eigenvalue weighted by atomic mass is 19.2. The summed E-state index contributed by atoms with van der Waals surface area (Å²) in [5.41, 5.74) is 0.0583. The van der Waals surface area contributed by atoms with E-state index in [1.54, 1.807) is 6.92 Å². The van der Waals surface area contributed by atoms with Crippen LogP contribution in [0.15, 0.2) is 12.1 Å². The van der Waals surface area contributed by atoms with Crippen LogP contribution < -0.4 is 4.74 Å². The second kappa shape index (κ2) is 8.62. The van der Waals surface area contributed by atoms with Gasteiger partial charge in [-0.1, -0.05) is 39.0 Å². The molecular formula is C19H28F2O2. The molecule has 1 N–H and O–H groups in total. The van der Waals surface area contributed by atoms with Crippen LogP contribution in [0.25, 0.3) is 0 Å². The Morgan fingerprint density at radius 2 is 1.83 bits per heavy atom. The number of aliphatic hydroxyl groups is 1. The molecule has 0 spiro atoms. The van der Waals surface area contributed by atoms with Crippen molar-refractivity contribution in [2.24, 2.45) is 11.8 Å². The first-order chi connectivity index (χ1) is 11.1. The molecule has 1 aliphatic carbocycles. The lowest BCUT2D eigenvalue weighted by Gasteiger charge is -2.32. The molecule has 0 aliphatic heterocycles. The van der Waals surface area contributed by atoms with Crippen LogP contribution in [-0.4, -0.2) is 11.7 Å². The molecule has 0 radical (unpaired) electrons. The summed E-state index contributed by atoms with van der Waals surface area (Å²) in [6.45, 7) is 4.19. The predicted octanol–water partition coefficient (Wildman–Crippen LogP) is 5.39. The summed E-state index contributed by atoms with van der Waals surface area (Å²) in [7, 11) is 0. The Morgan fingerprint density at radius 3 is 2.43 bits per heavy atom. The van der Waals surface area contributed by atoms with Gasteiger partial charge in [0, 0.05) is 5.56 Å². The van der Waals surface area contributed by atoms with Gasteiger partial charge < -0.3 is 9.84 Å². The lowest BCUT2D eigenvalue weighted by molar-refractivity contribution is 0.0684. The molecule has 1 fully saturated rings. The smallest absolute Gasteiger partial charge is 0.200 e. The first-order valence-electron chi connectivity index (χ1n) is 8.87. The van der Waals surface area contributed by atoms with Gasteiger partial charge >= 0.3 is 0 Å². The Kier molecular flexibility index (Phi) is 6.82. The van der Waals surface area contributed by atoms with Gasteiger partial charge in [-0.05, 0) is 43.7 Å². The summed E-state index contributed by atoms with van der Waals surface area (Å²) < 4.78 is 33.2. The summed E-state index contributed by atoms with van der Waals surface area (Å²) in [5, 5.41) is 10.5. The number of benzene rings is 1. The van der Waals surface area contributed by atoms with Crippen molar-refractivity contribution < 1.29 is 18.6 Å². The second-order valence-corrected chi connectivity index (χ2v) is 6.58. The van der Waals surface area contributed by atoms with Gasteiger partial charge in [0.1, 0.15) is 0 Å². The van der Waals surface area contributed by atoms with E-state index < -0.39 is 17.7 Å². The SMILES string of the molecule is CCCCC1CCC(C(O)c2ccc(OCC)c(F)c2F)CC1. The van der Waals surface area contributed by atoms with E-state index in [2.05, 4.69) is 6.92 Å². The van der Waals surface area contributed by atoms with E-state index in [1.165, 1.54) is 31.4 Å². The van der Waals surface area contributed by atoms with Crippen molar-refractivity contribution in [3.8, 4) is 5.75 Å². The molecular weight excluding hydrogens is 298 g/mol. The molecule has 2 nitrogen and oxygen atoms in total. The molecule has 130 valence electrons. The Labute approximate surface area is 137 Å². The summed E-state index contributed by atoms with van der Waals surface area (Å²) in [5.74, 6) is -1.33. The maximum atomic E-state index is 14.2.